The molecule has 16 heavy (non-hydrogen) atoms. The Morgan fingerprint density at radius 2 is 1.94 bits per heavy atom. The summed E-state index contributed by atoms with van der Waals surface area (Å²) in [5.41, 5.74) is 0. The van der Waals surface area contributed by atoms with Crippen LogP contribution in [0.15, 0.2) is 0 Å². The molecule has 2 fully saturated rings. The topological polar surface area (TPSA) is 6.48 Å². The molecule has 0 N–H and O–H groups in total. The average Bonchev–Trinajstić information content (AvgIpc) is 2.62. The van der Waals surface area contributed by atoms with Crippen molar-refractivity contribution in [3.63, 3.8) is 0 Å². The second-order valence-electron chi connectivity index (χ2n) is 4.85. The molecule has 0 saturated carbocycles. The van der Waals surface area contributed by atoms with Gasteiger partial charge < -0.3 is 4.90 Å². The summed E-state index contributed by atoms with van der Waals surface area (Å²) in [4.78, 5) is 4.67. The zero-order valence-electron chi connectivity index (χ0n) is 9.47. The van der Waals surface area contributed by atoms with Gasteiger partial charge in [-0.1, -0.05) is 0 Å². The number of halogens is 3. The normalized spacial score (nSPS) is 28.3. The molecular formula is C11H19F3N2. The Morgan fingerprint density at radius 1 is 1.12 bits per heavy atom. The number of alkyl halides is 3. The predicted octanol–water partition coefficient (Wildman–Crippen LogP) is 2.11. The van der Waals surface area contributed by atoms with Gasteiger partial charge in [-0.25, -0.2) is 0 Å². The number of hydrogen-bond donors (Lipinski definition) is 0. The SMILES string of the molecule is FC(F)(F)CCCN1CCN2CCCC2C1. The summed E-state index contributed by atoms with van der Waals surface area (Å²) < 4.78 is 36.0. The summed E-state index contributed by atoms with van der Waals surface area (Å²) in [5, 5.41) is 0. The maximum Gasteiger partial charge on any atom is 0.389 e. The maximum atomic E-state index is 12.0. The van der Waals surface area contributed by atoms with Crippen LogP contribution in [-0.4, -0.2) is 54.7 Å². The fourth-order valence-electron chi connectivity index (χ4n) is 2.76. The van der Waals surface area contributed by atoms with E-state index in [-0.39, 0.29) is 6.42 Å². The standard InChI is InChI=1S/C11H19F3N2/c12-11(13,14)4-2-5-15-7-8-16-6-1-3-10(16)9-15/h10H,1-9H2. The van der Waals surface area contributed by atoms with Crippen LogP contribution in [-0.2, 0) is 0 Å². The van der Waals surface area contributed by atoms with Crippen molar-refractivity contribution in [2.24, 2.45) is 0 Å². The quantitative estimate of drug-likeness (QED) is 0.740. The number of piperazine rings is 1. The minimum atomic E-state index is -3.99. The van der Waals surface area contributed by atoms with Gasteiger partial charge in [0, 0.05) is 32.1 Å². The second-order valence-corrected chi connectivity index (χ2v) is 4.85. The first kappa shape index (κ1) is 12.2. The smallest absolute Gasteiger partial charge is 0.301 e. The van der Waals surface area contributed by atoms with Crippen LogP contribution in [0.2, 0.25) is 0 Å². The van der Waals surface area contributed by atoms with Crippen LogP contribution in [0.25, 0.3) is 0 Å². The molecule has 2 heterocycles. The van der Waals surface area contributed by atoms with E-state index in [9.17, 15) is 13.2 Å². The van der Waals surface area contributed by atoms with Crippen LogP contribution in [0.1, 0.15) is 25.7 Å². The van der Waals surface area contributed by atoms with Crippen molar-refractivity contribution in [3.05, 3.63) is 0 Å². The van der Waals surface area contributed by atoms with Gasteiger partial charge in [0.2, 0.25) is 0 Å². The molecule has 1 unspecified atom stereocenters. The molecule has 5 heteroatoms. The summed E-state index contributed by atoms with van der Waals surface area (Å²) >= 11 is 0. The summed E-state index contributed by atoms with van der Waals surface area (Å²) in [6.45, 7) is 4.73. The Bertz CT molecular complexity index is 230. The molecule has 2 saturated heterocycles. The minimum Gasteiger partial charge on any atom is -0.301 e. The minimum absolute atomic E-state index is 0.246. The molecular weight excluding hydrogens is 217 g/mol. The Morgan fingerprint density at radius 3 is 2.69 bits per heavy atom. The van der Waals surface area contributed by atoms with E-state index in [4.69, 9.17) is 0 Å². The molecule has 0 aromatic heterocycles. The molecule has 0 radical (unpaired) electrons. The van der Waals surface area contributed by atoms with E-state index in [1.807, 2.05) is 0 Å². The molecule has 0 spiro atoms. The van der Waals surface area contributed by atoms with Crippen LogP contribution in [0, 0.1) is 0 Å². The summed E-state index contributed by atoms with van der Waals surface area (Å²) in [7, 11) is 0. The lowest BCUT2D eigenvalue weighted by molar-refractivity contribution is -0.136. The second kappa shape index (κ2) is 4.92. The molecule has 0 aromatic rings. The van der Waals surface area contributed by atoms with Gasteiger partial charge in [-0.3, -0.25) is 4.90 Å². The van der Waals surface area contributed by atoms with Crippen molar-refractivity contribution < 1.29 is 13.2 Å². The predicted molar refractivity (Wildman–Crippen MR) is 56.3 cm³/mol. The Balaban J connectivity index is 1.67. The van der Waals surface area contributed by atoms with Crippen LogP contribution >= 0.6 is 0 Å². The van der Waals surface area contributed by atoms with E-state index in [0.29, 0.717) is 12.6 Å². The lowest BCUT2D eigenvalue weighted by Crippen LogP contribution is -2.50. The highest BCUT2D eigenvalue weighted by Gasteiger charge is 2.31. The Kier molecular flexibility index (Phi) is 3.74. The van der Waals surface area contributed by atoms with Crippen LogP contribution in [0.4, 0.5) is 13.2 Å². The molecule has 2 nitrogen and oxygen atoms in total. The molecule has 0 amide bonds. The van der Waals surface area contributed by atoms with E-state index in [1.54, 1.807) is 0 Å². The van der Waals surface area contributed by atoms with Gasteiger partial charge in [-0.2, -0.15) is 13.2 Å². The molecule has 2 rings (SSSR count). The Labute approximate surface area is 94.4 Å². The summed E-state index contributed by atoms with van der Waals surface area (Å²) in [6, 6.07) is 0.611. The average molecular weight is 236 g/mol. The number of rotatable bonds is 3. The molecule has 0 aliphatic carbocycles. The molecule has 2 aliphatic heterocycles. The monoisotopic (exact) mass is 236 g/mol. The number of fused-ring (bicyclic) bond motifs is 1. The molecule has 94 valence electrons. The largest absolute Gasteiger partial charge is 0.389 e. The number of hydrogen-bond acceptors (Lipinski definition) is 2. The maximum absolute atomic E-state index is 12.0. The van der Waals surface area contributed by atoms with E-state index < -0.39 is 12.6 Å². The van der Waals surface area contributed by atoms with Crippen LogP contribution in [0.5, 0.6) is 0 Å². The number of nitrogens with zero attached hydrogens (tertiary/aromatic N) is 2. The first-order chi connectivity index (χ1) is 7.54. The van der Waals surface area contributed by atoms with E-state index in [1.165, 1.54) is 19.4 Å². The summed E-state index contributed by atoms with van der Waals surface area (Å²) in [6.07, 6.45) is -1.92. The van der Waals surface area contributed by atoms with E-state index in [0.717, 1.165) is 19.6 Å². The third-order valence-corrected chi connectivity index (χ3v) is 3.61. The van der Waals surface area contributed by atoms with Gasteiger partial charge >= 0.3 is 6.18 Å². The van der Waals surface area contributed by atoms with E-state index >= 15 is 0 Å². The molecule has 0 aromatic carbocycles. The zero-order chi connectivity index (χ0) is 11.6. The van der Waals surface area contributed by atoms with Gasteiger partial charge in [0.25, 0.3) is 0 Å². The third-order valence-electron chi connectivity index (χ3n) is 3.61. The third kappa shape index (κ3) is 3.35. The fourth-order valence-corrected chi connectivity index (χ4v) is 2.76. The molecule has 1 atom stereocenters. The zero-order valence-corrected chi connectivity index (χ0v) is 9.47. The van der Waals surface area contributed by atoms with Gasteiger partial charge in [0.15, 0.2) is 0 Å². The van der Waals surface area contributed by atoms with Gasteiger partial charge in [-0.15, -0.1) is 0 Å². The summed E-state index contributed by atoms with van der Waals surface area (Å²) in [5.74, 6) is 0. The van der Waals surface area contributed by atoms with Crippen molar-refractivity contribution in [2.75, 3.05) is 32.7 Å². The highest BCUT2D eigenvalue weighted by atomic mass is 19.4. The highest BCUT2D eigenvalue weighted by molar-refractivity contribution is 4.86. The van der Waals surface area contributed by atoms with Crippen molar-refractivity contribution in [3.8, 4) is 0 Å². The van der Waals surface area contributed by atoms with Gasteiger partial charge in [0.1, 0.15) is 0 Å². The van der Waals surface area contributed by atoms with E-state index in [2.05, 4.69) is 9.80 Å². The van der Waals surface area contributed by atoms with Crippen LogP contribution < -0.4 is 0 Å². The molecule has 0 bridgehead atoms. The first-order valence-electron chi connectivity index (χ1n) is 6.08. The van der Waals surface area contributed by atoms with Gasteiger partial charge in [0.05, 0.1) is 0 Å². The first-order valence-corrected chi connectivity index (χ1v) is 6.08. The highest BCUT2D eigenvalue weighted by Crippen LogP contribution is 2.24. The van der Waals surface area contributed by atoms with Crippen molar-refractivity contribution in [2.45, 2.75) is 37.9 Å². The van der Waals surface area contributed by atoms with Crippen molar-refractivity contribution in [1.82, 2.24) is 9.80 Å². The lowest BCUT2D eigenvalue weighted by Gasteiger charge is -2.37. The van der Waals surface area contributed by atoms with Crippen molar-refractivity contribution in [1.29, 1.82) is 0 Å². The Hall–Kier alpha value is -0.290. The lowest BCUT2D eigenvalue weighted by atomic mass is 10.1. The fraction of sp³-hybridized carbons (Fsp3) is 1.00. The molecule has 2 aliphatic rings. The van der Waals surface area contributed by atoms with Gasteiger partial charge in [-0.05, 0) is 32.4 Å². The van der Waals surface area contributed by atoms with Crippen LogP contribution in [0.3, 0.4) is 0 Å². The van der Waals surface area contributed by atoms with Crippen molar-refractivity contribution >= 4 is 0 Å².